The van der Waals surface area contributed by atoms with E-state index in [0.717, 1.165) is 37.1 Å². The number of aromatic nitrogens is 2. The Kier molecular flexibility index (Phi) is 10.3. The Hall–Kier alpha value is -9.12. The number of anilines is 6. The monoisotopic (exact) mass is 1000 g/mol. The van der Waals surface area contributed by atoms with Crippen molar-refractivity contribution in [2.45, 2.75) is 65.2 Å². The number of aryl methyl sites for hydroxylation is 4. The zero-order chi connectivity index (χ0) is 51.6. The second kappa shape index (κ2) is 17.7. The van der Waals surface area contributed by atoms with Crippen LogP contribution in [0.2, 0.25) is 0 Å². The minimum atomic E-state index is 1.07. The highest BCUT2D eigenvalue weighted by Gasteiger charge is 2.28. The van der Waals surface area contributed by atoms with Crippen molar-refractivity contribution in [3.63, 3.8) is 0 Å². The topological polar surface area (TPSA) is 16.3 Å². The molecule has 0 N–H and O–H groups in total. The molecule has 0 atom stereocenters. The molecule has 0 spiro atoms. The lowest BCUT2D eigenvalue weighted by molar-refractivity contribution is 0.686. The number of nitrogens with zero attached hydrogens (tertiary/aromatic N) is 4. The smallest absolute Gasteiger partial charge is 0.0562 e. The van der Waals surface area contributed by atoms with E-state index in [2.05, 4.69) is 251 Å². The highest BCUT2D eigenvalue weighted by molar-refractivity contribution is 6.28. The van der Waals surface area contributed by atoms with E-state index in [1.165, 1.54) is 169 Å². The molecule has 2 heterocycles. The van der Waals surface area contributed by atoms with Crippen molar-refractivity contribution in [2.24, 2.45) is 0 Å². The number of hydrogen-bond donors (Lipinski definition) is 0. The molecule has 0 aliphatic heterocycles. The van der Waals surface area contributed by atoms with Gasteiger partial charge in [0.05, 0.1) is 33.4 Å². The van der Waals surface area contributed by atoms with Gasteiger partial charge in [-0.25, -0.2) is 0 Å². The summed E-state index contributed by atoms with van der Waals surface area (Å²) in [7, 11) is 0. The molecule has 4 heteroatoms. The zero-order valence-corrected chi connectivity index (χ0v) is 44.2. The van der Waals surface area contributed by atoms with Crippen LogP contribution in [0.15, 0.2) is 218 Å². The van der Waals surface area contributed by atoms with E-state index in [1.54, 1.807) is 0 Å². The van der Waals surface area contributed by atoms with Crippen LogP contribution in [0.3, 0.4) is 0 Å². The van der Waals surface area contributed by atoms with Gasteiger partial charge in [0, 0.05) is 66.4 Å². The molecule has 16 rings (SSSR count). The number of hydrogen-bond acceptors (Lipinski definition) is 2. The van der Waals surface area contributed by atoms with Gasteiger partial charge in [-0.05, 0) is 193 Å². The molecule has 4 nitrogen and oxygen atoms in total. The van der Waals surface area contributed by atoms with Crippen molar-refractivity contribution in [1.82, 2.24) is 9.13 Å². The molecule has 0 amide bonds. The highest BCUT2D eigenvalue weighted by atomic mass is 15.2. The Morgan fingerprint density at radius 2 is 0.705 bits per heavy atom. The van der Waals surface area contributed by atoms with E-state index in [4.69, 9.17) is 0 Å². The fourth-order valence-corrected chi connectivity index (χ4v) is 14.3. The van der Waals surface area contributed by atoms with Gasteiger partial charge in [-0.3, -0.25) is 0 Å². The molecule has 0 unspecified atom stereocenters. The Bertz CT molecular complexity index is 4440. The van der Waals surface area contributed by atoms with Crippen molar-refractivity contribution >= 4 is 110 Å². The highest BCUT2D eigenvalue weighted by Crippen LogP contribution is 2.51. The van der Waals surface area contributed by atoms with Gasteiger partial charge >= 0.3 is 0 Å². The third kappa shape index (κ3) is 6.78. The quantitative estimate of drug-likeness (QED) is 0.141. The predicted molar refractivity (Wildman–Crippen MR) is 331 cm³/mol. The number of rotatable bonds is 8. The first-order valence-corrected chi connectivity index (χ1v) is 28.3. The van der Waals surface area contributed by atoms with E-state index in [0.29, 0.717) is 0 Å². The van der Waals surface area contributed by atoms with Gasteiger partial charge in [-0.1, -0.05) is 146 Å². The van der Waals surface area contributed by atoms with Gasteiger partial charge in [0.1, 0.15) is 0 Å². The van der Waals surface area contributed by atoms with Crippen molar-refractivity contribution < 1.29 is 0 Å². The maximum absolute atomic E-state index is 2.61. The summed E-state index contributed by atoms with van der Waals surface area (Å²) in [5, 5.41) is 12.7. The first-order chi connectivity index (χ1) is 38.6. The summed E-state index contributed by atoms with van der Waals surface area (Å²) in [6.07, 6.45) is 9.21. The van der Waals surface area contributed by atoms with Crippen molar-refractivity contribution in [3.8, 4) is 11.4 Å². The molecule has 374 valence electrons. The summed E-state index contributed by atoms with van der Waals surface area (Å²) in [6.45, 7) is 4.47. The Morgan fingerprint density at radius 1 is 0.308 bits per heavy atom. The normalized spacial score (nSPS) is 13.6. The van der Waals surface area contributed by atoms with E-state index >= 15 is 0 Å². The van der Waals surface area contributed by atoms with E-state index in [1.807, 2.05) is 0 Å². The molecule has 2 aromatic heterocycles. The molecule has 2 aliphatic carbocycles. The summed E-state index contributed by atoms with van der Waals surface area (Å²) < 4.78 is 4.98. The molecule has 2 aliphatic rings. The first-order valence-electron chi connectivity index (χ1n) is 28.3. The second-order valence-corrected chi connectivity index (χ2v) is 22.2. The molecule has 0 fully saturated rings. The third-order valence-corrected chi connectivity index (χ3v) is 17.9. The van der Waals surface area contributed by atoms with Crippen molar-refractivity contribution in [1.29, 1.82) is 0 Å². The van der Waals surface area contributed by atoms with Crippen molar-refractivity contribution in [2.75, 3.05) is 9.80 Å². The maximum atomic E-state index is 2.61. The Morgan fingerprint density at radius 3 is 1.18 bits per heavy atom. The zero-order valence-electron chi connectivity index (χ0n) is 44.2. The van der Waals surface area contributed by atoms with Gasteiger partial charge in [-0.2, -0.15) is 0 Å². The summed E-state index contributed by atoms with van der Waals surface area (Å²) in [5.74, 6) is 0. The van der Waals surface area contributed by atoms with Crippen LogP contribution in [0.1, 0.15) is 59.1 Å². The Labute approximate surface area is 455 Å². The third-order valence-electron chi connectivity index (χ3n) is 17.9. The van der Waals surface area contributed by atoms with Crippen LogP contribution in [0.4, 0.5) is 34.1 Å². The van der Waals surface area contributed by atoms with Crippen LogP contribution in [0.5, 0.6) is 0 Å². The molecule has 0 bridgehead atoms. The van der Waals surface area contributed by atoms with Crippen LogP contribution in [0, 0.1) is 13.8 Å². The minimum Gasteiger partial charge on any atom is -0.310 e. The fraction of sp³-hybridized carbons (Fsp3) is 0.135. The maximum Gasteiger partial charge on any atom is 0.0562 e. The van der Waals surface area contributed by atoms with Gasteiger partial charge in [-0.15, -0.1) is 0 Å². The predicted octanol–water partition coefficient (Wildman–Crippen LogP) is 20.1. The largest absolute Gasteiger partial charge is 0.310 e. The van der Waals surface area contributed by atoms with Crippen LogP contribution in [-0.2, 0) is 25.7 Å². The van der Waals surface area contributed by atoms with E-state index < -0.39 is 0 Å². The number of fused-ring (bicyclic) bond motifs is 8. The van der Waals surface area contributed by atoms with Gasteiger partial charge in [0.2, 0.25) is 0 Å². The van der Waals surface area contributed by atoms with Gasteiger partial charge in [0.15, 0.2) is 0 Å². The molecule has 78 heavy (non-hydrogen) atoms. The van der Waals surface area contributed by atoms with Crippen LogP contribution in [-0.4, -0.2) is 9.13 Å². The standard InChI is InChI=1S/C74H58N4/c1-47-17-3-11-27-63(47)77-67-29-13-9-25-57(67)59-41-37-53(45-71(59)77)75(65-31-15-21-49-19-5-7-23-55(49)65)69-43-35-51-34-40-62-70(44-36-52-33-39-61(69)73(51)74(52)62)76(66-32-16-22-50-20-6-8-24-56(50)66)54-38-42-60-58-26-10-14-30-68(58)78(72(60)46-54)64-28-12-4-18-48(64)2/h3-4,9-18,21-22,25-46H,5-8,19-20,23-24H2,1-2H3. The lowest BCUT2D eigenvalue weighted by Crippen LogP contribution is -2.16. The molecular formula is C74H58N4. The van der Waals surface area contributed by atoms with Crippen LogP contribution >= 0.6 is 0 Å². The fourth-order valence-electron chi connectivity index (χ4n) is 14.3. The molecule has 0 saturated carbocycles. The van der Waals surface area contributed by atoms with Gasteiger partial charge < -0.3 is 18.9 Å². The van der Waals surface area contributed by atoms with Crippen LogP contribution in [0.25, 0.3) is 87.3 Å². The summed E-state index contributed by atoms with van der Waals surface area (Å²) in [6, 6.07) is 83.2. The Balaban J connectivity index is 0.951. The average molecular weight is 1000 g/mol. The first kappa shape index (κ1) is 45.1. The number of para-hydroxylation sites is 4. The van der Waals surface area contributed by atoms with E-state index in [-0.39, 0.29) is 0 Å². The summed E-state index contributed by atoms with van der Waals surface area (Å²) >= 11 is 0. The minimum absolute atomic E-state index is 1.07. The van der Waals surface area contributed by atoms with Crippen LogP contribution < -0.4 is 9.80 Å². The summed E-state index contributed by atoms with van der Waals surface area (Å²) in [4.78, 5) is 5.23. The second-order valence-electron chi connectivity index (χ2n) is 22.2. The lowest BCUT2D eigenvalue weighted by Gasteiger charge is -2.33. The van der Waals surface area contributed by atoms with Crippen molar-refractivity contribution in [3.05, 3.63) is 252 Å². The average Bonchev–Trinajstić information content (AvgIpc) is 4.02. The molecule has 14 aromatic rings. The molecular weight excluding hydrogens is 945 g/mol. The van der Waals surface area contributed by atoms with E-state index in [9.17, 15) is 0 Å². The molecule has 0 radical (unpaired) electrons. The molecule has 0 saturated heterocycles. The summed E-state index contributed by atoms with van der Waals surface area (Å²) in [5.41, 5.74) is 22.9. The van der Waals surface area contributed by atoms with Gasteiger partial charge in [0.25, 0.3) is 0 Å². The lowest BCUT2D eigenvalue weighted by atomic mass is 9.88. The number of benzene rings is 12. The molecule has 12 aromatic carbocycles. The SMILES string of the molecule is Cc1ccccc1-n1c2ccccc2c2ccc(N(c3cccc4c3CCCC4)c3ccc4ccc5c(N(c6ccc7c8ccccc8n(-c8ccccc8C)c7c6)c6cccc7c6CCCC7)ccc6ccc3c4c65)cc21.